The van der Waals surface area contributed by atoms with E-state index in [2.05, 4.69) is 26.8 Å². The maximum Gasteiger partial charge on any atom is 0.417 e. The van der Waals surface area contributed by atoms with E-state index in [9.17, 15) is 18.0 Å². The normalized spacial score (nSPS) is 20.4. The van der Waals surface area contributed by atoms with Crippen LogP contribution >= 0.6 is 0 Å². The van der Waals surface area contributed by atoms with Crippen molar-refractivity contribution >= 4 is 17.3 Å². The molecule has 2 aromatic rings. The van der Waals surface area contributed by atoms with Crippen LogP contribution in [0.5, 0.6) is 5.88 Å². The Hall–Kier alpha value is -3.50. The van der Waals surface area contributed by atoms with E-state index in [1.165, 1.54) is 29.3 Å². The highest BCUT2D eigenvalue weighted by atomic mass is 19.4. The number of aliphatic imine (C=N–C) groups is 1. The van der Waals surface area contributed by atoms with Crippen LogP contribution < -0.4 is 4.74 Å². The maximum atomic E-state index is 13.7. The minimum absolute atomic E-state index is 0.0582. The van der Waals surface area contributed by atoms with Crippen LogP contribution in [0.3, 0.4) is 0 Å². The van der Waals surface area contributed by atoms with Crippen molar-refractivity contribution in [2.24, 2.45) is 10.9 Å². The largest absolute Gasteiger partial charge is 0.472 e. The van der Waals surface area contributed by atoms with Crippen molar-refractivity contribution in [2.45, 2.75) is 45.5 Å². The van der Waals surface area contributed by atoms with E-state index in [1.807, 2.05) is 13.8 Å². The number of rotatable bonds is 8. The molecular weight excluding hydrogens is 449 g/mol. The summed E-state index contributed by atoms with van der Waals surface area (Å²) in [5.74, 6) is -0.0570. The quantitative estimate of drug-likeness (QED) is 0.426. The summed E-state index contributed by atoms with van der Waals surface area (Å²) in [6.07, 6.45) is 2.55. The van der Waals surface area contributed by atoms with Crippen molar-refractivity contribution in [1.29, 1.82) is 0 Å². The summed E-state index contributed by atoms with van der Waals surface area (Å²) in [4.78, 5) is 24.9. The molecule has 1 saturated heterocycles. The highest BCUT2D eigenvalue weighted by Crippen LogP contribution is 2.31. The molecule has 3 unspecified atom stereocenters. The second kappa shape index (κ2) is 10.6. The van der Waals surface area contributed by atoms with Crippen molar-refractivity contribution in [3.63, 3.8) is 0 Å². The second-order valence-electron chi connectivity index (χ2n) is 8.00. The molecule has 1 aliphatic heterocycles. The van der Waals surface area contributed by atoms with Gasteiger partial charge >= 0.3 is 6.18 Å². The Bertz CT molecular complexity index is 1050. The number of ether oxygens (including phenoxy) is 1. The van der Waals surface area contributed by atoms with E-state index >= 15 is 0 Å². The molecular formula is C23H27F3N6O2. The van der Waals surface area contributed by atoms with Gasteiger partial charge in [-0.05, 0) is 38.3 Å². The summed E-state index contributed by atoms with van der Waals surface area (Å²) in [6.45, 7) is 10.2. The molecule has 182 valence electrons. The zero-order chi connectivity index (χ0) is 24.9. The molecule has 0 bridgehead atoms. The Morgan fingerprint density at radius 2 is 2.06 bits per heavy atom. The zero-order valence-corrected chi connectivity index (χ0v) is 19.2. The Kier molecular flexibility index (Phi) is 7.85. The third-order valence-electron chi connectivity index (χ3n) is 5.40. The molecule has 0 spiro atoms. The Labute approximate surface area is 195 Å². The van der Waals surface area contributed by atoms with Gasteiger partial charge < -0.3 is 9.64 Å². The molecule has 3 atom stereocenters. The lowest BCUT2D eigenvalue weighted by Gasteiger charge is -2.30. The van der Waals surface area contributed by atoms with Crippen LogP contribution in [0.1, 0.15) is 32.8 Å². The Morgan fingerprint density at radius 3 is 2.62 bits per heavy atom. The lowest BCUT2D eigenvalue weighted by molar-refractivity contribution is -0.138. The van der Waals surface area contributed by atoms with Gasteiger partial charge in [0.15, 0.2) is 5.71 Å². The van der Waals surface area contributed by atoms with Gasteiger partial charge in [0.2, 0.25) is 5.88 Å². The second-order valence-corrected chi connectivity index (χ2v) is 8.00. The smallest absolute Gasteiger partial charge is 0.417 e. The number of pyridine rings is 1. The van der Waals surface area contributed by atoms with Gasteiger partial charge in [0, 0.05) is 25.4 Å². The molecule has 3 heterocycles. The van der Waals surface area contributed by atoms with Crippen molar-refractivity contribution in [1.82, 2.24) is 24.9 Å². The number of allylic oxidation sites excluding steroid dienone is 2. The number of likely N-dealkylation sites (tertiary alicyclic amines) is 1. The summed E-state index contributed by atoms with van der Waals surface area (Å²) >= 11 is 0. The number of halogens is 3. The lowest BCUT2D eigenvalue weighted by atomic mass is 10.0. The van der Waals surface area contributed by atoms with E-state index in [4.69, 9.17) is 4.74 Å². The van der Waals surface area contributed by atoms with Crippen LogP contribution in [0.15, 0.2) is 54.4 Å². The number of alkyl halides is 3. The first kappa shape index (κ1) is 25.1. The van der Waals surface area contributed by atoms with Gasteiger partial charge in [-0.25, -0.2) is 4.98 Å². The van der Waals surface area contributed by atoms with E-state index in [0.717, 1.165) is 12.3 Å². The summed E-state index contributed by atoms with van der Waals surface area (Å²) in [5, 5.41) is 8.24. The number of carbonyl (C=O) groups excluding carboxylic acids is 1. The topological polar surface area (TPSA) is 85.5 Å². The number of amides is 1. The van der Waals surface area contributed by atoms with E-state index in [0.29, 0.717) is 25.2 Å². The van der Waals surface area contributed by atoms with Crippen LogP contribution in [-0.4, -0.2) is 61.7 Å². The van der Waals surface area contributed by atoms with E-state index < -0.39 is 17.8 Å². The van der Waals surface area contributed by atoms with Gasteiger partial charge in [-0.15, -0.1) is 4.80 Å². The van der Waals surface area contributed by atoms with Crippen molar-refractivity contribution in [3.8, 4) is 5.88 Å². The highest BCUT2D eigenvalue weighted by Gasteiger charge is 2.40. The first-order chi connectivity index (χ1) is 16.2. The number of carbonyl (C=O) groups is 1. The number of nitrogens with zero attached hydrogens (tertiary/aromatic N) is 6. The molecule has 0 aromatic carbocycles. The summed E-state index contributed by atoms with van der Waals surface area (Å²) in [6, 6.07) is 1.77. The molecule has 0 saturated carbocycles. The van der Waals surface area contributed by atoms with Crippen LogP contribution in [0, 0.1) is 5.92 Å². The number of hydrogen-bond acceptors (Lipinski definition) is 6. The van der Waals surface area contributed by atoms with E-state index in [1.54, 1.807) is 17.9 Å². The summed E-state index contributed by atoms with van der Waals surface area (Å²) in [7, 11) is 0. The maximum absolute atomic E-state index is 13.7. The predicted molar refractivity (Wildman–Crippen MR) is 121 cm³/mol. The molecule has 0 N–H and O–H groups in total. The molecule has 0 radical (unpaired) electrons. The Morgan fingerprint density at radius 1 is 1.35 bits per heavy atom. The highest BCUT2D eigenvalue weighted by molar-refractivity contribution is 6.53. The molecule has 34 heavy (non-hydrogen) atoms. The van der Waals surface area contributed by atoms with Gasteiger partial charge in [0.25, 0.3) is 5.91 Å². The van der Waals surface area contributed by atoms with Crippen LogP contribution in [0.25, 0.3) is 5.70 Å². The molecule has 8 nitrogen and oxygen atoms in total. The average molecular weight is 477 g/mol. The Balaban J connectivity index is 1.84. The fraction of sp³-hybridized carbons (Fsp3) is 0.435. The van der Waals surface area contributed by atoms with Gasteiger partial charge in [-0.2, -0.15) is 23.4 Å². The summed E-state index contributed by atoms with van der Waals surface area (Å²) < 4.78 is 44.3. The first-order valence-electron chi connectivity index (χ1n) is 10.9. The first-order valence-corrected chi connectivity index (χ1v) is 10.9. The zero-order valence-electron chi connectivity index (χ0n) is 19.2. The summed E-state index contributed by atoms with van der Waals surface area (Å²) in [5.41, 5.74) is -0.270. The fourth-order valence-corrected chi connectivity index (χ4v) is 3.89. The monoisotopic (exact) mass is 476 g/mol. The standard InChI is InChI=1S/C23H27F3N6O2/c1-5-7-18(32-29-10-11-30-32)21(27-6-2)22(33)31-14-15(3)12-19(31)16(4)34-20-9-8-17(13-28-20)23(24,25)26/h5,7-11,13,15-16,19H,1,6,12,14H2,2-4H3/b18-7+,27-21?. The van der Waals surface area contributed by atoms with Gasteiger partial charge in [-0.1, -0.05) is 19.6 Å². The van der Waals surface area contributed by atoms with Gasteiger partial charge in [-0.3, -0.25) is 9.79 Å². The van der Waals surface area contributed by atoms with Crippen LogP contribution in [0.4, 0.5) is 13.2 Å². The molecule has 1 fully saturated rings. The minimum atomic E-state index is -4.48. The molecule has 2 aromatic heterocycles. The molecule has 1 amide bonds. The third-order valence-corrected chi connectivity index (χ3v) is 5.40. The van der Waals surface area contributed by atoms with Gasteiger partial charge in [0.05, 0.1) is 24.0 Å². The van der Waals surface area contributed by atoms with Crippen LogP contribution in [0.2, 0.25) is 0 Å². The van der Waals surface area contributed by atoms with Crippen molar-refractivity contribution < 1.29 is 22.7 Å². The fourth-order valence-electron chi connectivity index (χ4n) is 3.89. The lowest BCUT2D eigenvalue weighted by Crippen LogP contribution is -2.47. The van der Waals surface area contributed by atoms with Crippen molar-refractivity contribution in [2.75, 3.05) is 13.1 Å². The predicted octanol–water partition coefficient (Wildman–Crippen LogP) is 3.88. The molecule has 1 aliphatic rings. The van der Waals surface area contributed by atoms with Crippen molar-refractivity contribution in [3.05, 3.63) is 55.0 Å². The number of hydrogen-bond donors (Lipinski definition) is 0. The molecule has 0 aliphatic carbocycles. The van der Waals surface area contributed by atoms with Crippen LogP contribution in [-0.2, 0) is 11.0 Å². The molecule has 3 rings (SSSR count). The van der Waals surface area contributed by atoms with Gasteiger partial charge in [0.1, 0.15) is 11.8 Å². The minimum Gasteiger partial charge on any atom is -0.472 e. The van der Waals surface area contributed by atoms with E-state index in [-0.39, 0.29) is 29.5 Å². The SMILES string of the molecule is C=C/C=C(\C(=NCC)C(=O)N1CC(C)CC1C(C)Oc1ccc(C(F)(F)F)cn1)n1nccn1. The average Bonchev–Trinajstić information content (AvgIpc) is 3.45. The number of aromatic nitrogens is 4. The third kappa shape index (κ3) is 5.70. The molecule has 11 heteroatoms.